The third-order valence-corrected chi connectivity index (χ3v) is 5.02. The van der Waals surface area contributed by atoms with Gasteiger partial charge in [-0.05, 0) is 32.1 Å². The molecule has 0 aromatic heterocycles. The second-order valence-corrected chi connectivity index (χ2v) is 6.58. The predicted molar refractivity (Wildman–Crippen MR) is 71.5 cm³/mol. The first kappa shape index (κ1) is 15.9. The van der Waals surface area contributed by atoms with Crippen LogP contribution in [0.15, 0.2) is 0 Å². The summed E-state index contributed by atoms with van der Waals surface area (Å²) in [6.07, 6.45) is 0.747. The summed E-state index contributed by atoms with van der Waals surface area (Å²) in [5.74, 6) is -1.67. The number of halogens is 4. The van der Waals surface area contributed by atoms with Gasteiger partial charge >= 0.3 is 6.18 Å². The van der Waals surface area contributed by atoms with Crippen molar-refractivity contribution in [3.05, 3.63) is 0 Å². The van der Waals surface area contributed by atoms with E-state index < -0.39 is 12.1 Å². The molecule has 2 aliphatic rings. The van der Waals surface area contributed by atoms with Gasteiger partial charge in [-0.1, -0.05) is 19.3 Å². The van der Waals surface area contributed by atoms with Crippen molar-refractivity contribution < 1.29 is 18.0 Å². The van der Waals surface area contributed by atoms with Crippen molar-refractivity contribution in [1.29, 1.82) is 0 Å². The average Bonchev–Trinajstić information content (AvgIpc) is 2.38. The van der Waals surface area contributed by atoms with Crippen LogP contribution < -0.4 is 5.32 Å². The van der Waals surface area contributed by atoms with E-state index in [1.807, 2.05) is 0 Å². The van der Waals surface area contributed by atoms with E-state index >= 15 is 0 Å². The number of hydrogen-bond acceptors (Lipinski definition) is 1. The topological polar surface area (TPSA) is 29.1 Å². The van der Waals surface area contributed by atoms with Gasteiger partial charge in [-0.3, -0.25) is 4.79 Å². The van der Waals surface area contributed by atoms with E-state index in [1.165, 1.54) is 0 Å². The fourth-order valence-electron chi connectivity index (χ4n) is 3.31. The van der Waals surface area contributed by atoms with Gasteiger partial charge in [-0.2, -0.15) is 13.2 Å². The minimum absolute atomic E-state index is 0.00884. The minimum Gasteiger partial charge on any atom is -0.353 e. The second-order valence-electron chi connectivity index (χ2n) is 6.02. The molecule has 4 atom stereocenters. The molecule has 0 bridgehead atoms. The summed E-state index contributed by atoms with van der Waals surface area (Å²) in [6, 6.07) is -0.353. The number of alkyl halides is 4. The monoisotopic (exact) mass is 311 g/mol. The van der Waals surface area contributed by atoms with E-state index in [1.54, 1.807) is 0 Å². The molecule has 6 heteroatoms. The van der Waals surface area contributed by atoms with E-state index in [9.17, 15) is 18.0 Å². The van der Waals surface area contributed by atoms with E-state index in [2.05, 4.69) is 5.32 Å². The molecule has 2 aliphatic carbocycles. The van der Waals surface area contributed by atoms with Crippen LogP contribution in [0.1, 0.15) is 51.4 Å². The number of hydrogen-bond donors (Lipinski definition) is 1. The van der Waals surface area contributed by atoms with Gasteiger partial charge in [0.25, 0.3) is 0 Å². The molecule has 0 saturated heterocycles. The standard InChI is InChI=1S/C14H21ClF3NO/c15-12-7-2-1-6-11(12)13(20)19-10-5-3-4-9(8-10)14(16,17)18/h9-12H,1-8H2,(H,19,20). The third kappa shape index (κ3) is 4.03. The lowest BCUT2D eigenvalue weighted by molar-refractivity contribution is -0.184. The summed E-state index contributed by atoms with van der Waals surface area (Å²) < 4.78 is 38.2. The van der Waals surface area contributed by atoms with E-state index in [0.717, 1.165) is 25.7 Å². The van der Waals surface area contributed by atoms with E-state index in [-0.39, 0.29) is 36.1 Å². The van der Waals surface area contributed by atoms with Crippen LogP contribution in [0.2, 0.25) is 0 Å². The molecular formula is C14H21ClF3NO. The van der Waals surface area contributed by atoms with Gasteiger partial charge in [-0.25, -0.2) is 0 Å². The summed E-state index contributed by atoms with van der Waals surface area (Å²) in [7, 11) is 0. The van der Waals surface area contributed by atoms with Gasteiger partial charge in [0.05, 0.1) is 11.8 Å². The van der Waals surface area contributed by atoms with Crippen molar-refractivity contribution in [3.63, 3.8) is 0 Å². The van der Waals surface area contributed by atoms with Gasteiger partial charge in [0.15, 0.2) is 0 Å². The Balaban J connectivity index is 1.87. The first-order valence-electron chi connectivity index (χ1n) is 7.39. The van der Waals surface area contributed by atoms with Crippen LogP contribution in [0.25, 0.3) is 0 Å². The average molecular weight is 312 g/mol. The lowest BCUT2D eigenvalue weighted by Crippen LogP contribution is -2.46. The molecule has 2 saturated carbocycles. The molecule has 2 rings (SSSR count). The molecule has 2 nitrogen and oxygen atoms in total. The van der Waals surface area contributed by atoms with Crippen molar-refractivity contribution in [3.8, 4) is 0 Å². The zero-order chi connectivity index (χ0) is 14.8. The fourth-order valence-corrected chi connectivity index (χ4v) is 3.70. The molecule has 0 aliphatic heterocycles. The molecule has 1 amide bonds. The molecule has 20 heavy (non-hydrogen) atoms. The van der Waals surface area contributed by atoms with E-state index in [4.69, 9.17) is 11.6 Å². The van der Waals surface area contributed by atoms with Gasteiger partial charge in [0.1, 0.15) is 0 Å². The SMILES string of the molecule is O=C(NC1CCCC(C(F)(F)F)C1)C1CCCCC1Cl. The second kappa shape index (κ2) is 6.54. The van der Waals surface area contributed by atoms with Crippen molar-refractivity contribution in [2.45, 2.75) is 69.0 Å². The number of carbonyl (C=O) groups is 1. The fraction of sp³-hybridized carbons (Fsp3) is 0.929. The zero-order valence-electron chi connectivity index (χ0n) is 11.4. The molecule has 4 unspecified atom stereocenters. The molecule has 116 valence electrons. The Hall–Kier alpha value is -0.450. The van der Waals surface area contributed by atoms with Gasteiger partial charge in [-0.15, -0.1) is 11.6 Å². The maximum atomic E-state index is 12.7. The minimum atomic E-state index is -4.15. The van der Waals surface area contributed by atoms with Crippen molar-refractivity contribution in [1.82, 2.24) is 5.32 Å². The first-order chi connectivity index (χ1) is 9.38. The van der Waals surface area contributed by atoms with Crippen LogP contribution in [0.4, 0.5) is 13.2 Å². The third-order valence-electron chi connectivity index (χ3n) is 4.50. The van der Waals surface area contributed by atoms with Gasteiger partial charge in [0, 0.05) is 11.4 Å². The number of amides is 1. The van der Waals surface area contributed by atoms with Crippen molar-refractivity contribution in [2.24, 2.45) is 11.8 Å². The Bertz CT molecular complexity index is 348. The highest BCUT2D eigenvalue weighted by atomic mass is 35.5. The number of rotatable bonds is 2. The maximum Gasteiger partial charge on any atom is 0.391 e. The zero-order valence-corrected chi connectivity index (χ0v) is 12.1. The first-order valence-corrected chi connectivity index (χ1v) is 7.82. The number of carbonyl (C=O) groups excluding carboxylic acids is 1. The highest BCUT2D eigenvalue weighted by Gasteiger charge is 2.42. The lowest BCUT2D eigenvalue weighted by atomic mass is 9.84. The summed E-state index contributed by atoms with van der Waals surface area (Å²) in [5, 5.41) is 2.62. The highest BCUT2D eigenvalue weighted by molar-refractivity contribution is 6.22. The van der Waals surface area contributed by atoms with Crippen LogP contribution in [-0.2, 0) is 4.79 Å². The smallest absolute Gasteiger partial charge is 0.353 e. The van der Waals surface area contributed by atoms with Gasteiger partial charge < -0.3 is 5.32 Å². The molecule has 0 spiro atoms. The summed E-state index contributed by atoms with van der Waals surface area (Å²) in [6.45, 7) is 0. The molecule has 0 heterocycles. The quantitative estimate of drug-likeness (QED) is 0.767. The molecule has 0 aromatic rings. The Labute approximate surface area is 122 Å². The summed E-state index contributed by atoms with van der Waals surface area (Å²) in [4.78, 5) is 12.2. The van der Waals surface area contributed by atoms with Crippen LogP contribution in [0, 0.1) is 11.8 Å². The predicted octanol–water partition coefficient (Wildman–Crippen LogP) is 4.02. The molecule has 0 radical (unpaired) electrons. The normalized spacial score (nSPS) is 35.6. The van der Waals surface area contributed by atoms with Crippen molar-refractivity contribution in [2.75, 3.05) is 0 Å². The number of nitrogens with one attached hydrogen (secondary N) is 1. The summed E-state index contributed by atoms with van der Waals surface area (Å²) in [5.41, 5.74) is 0. The van der Waals surface area contributed by atoms with E-state index in [0.29, 0.717) is 12.8 Å². The van der Waals surface area contributed by atoms with Crippen molar-refractivity contribution >= 4 is 17.5 Å². The Kier molecular flexibility index (Phi) is 5.21. The van der Waals surface area contributed by atoms with Crippen LogP contribution in [0.5, 0.6) is 0 Å². The molecule has 2 fully saturated rings. The Morgan fingerprint density at radius 2 is 1.75 bits per heavy atom. The Morgan fingerprint density at radius 3 is 2.40 bits per heavy atom. The Morgan fingerprint density at radius 1 is 1.05 bits per heavy atom. The highest BCUT2D eigenvalue weighted by Crippen LogP contribution is 2.38. The van der Waals surface area contributed by atoms with Crippen LogP contribution >= 0.6 is 11.6 Å². The lowest BCUT2D eigenvalue weighted by Gasteiger charge is -2.33. The van der Waals surface area contributed by atoms with Crippen LogP contribution in [-0.4, -0.2) is 23.5 Å². The van der Waals surface area contributed by atoms with Crippen LogP contribution in [0.3, 0.4) is 0 Å². The van der Waals surface area contributed by atoms with Gasteiger partial charge in [0.2, 0.25) is 5.91 Å². The maximum absolute atomic E-state index is 12.7. The molecule has 1 N–H and O–H groups in total. The largest absolute Gasteiger partial charge is 0.391 e. The summed E-state index contributed by atoms with van der Waals surface area (Å²) >= 11 is 6.16. The molecule has 0 aromatic carbocycles. The molecular weight excluding hydrogens is 291 g/mol.